The van der Waals surface area contributed by atoms with Crippen LogP contribution in [-0.4, -0.2) is 38.1 Å². The Bertz CT molecular complexity index is 835. The van der Waals surface area contributed by atoms with Crippen molar-refractivity contribution in [3.05, 3.63) is 35.7 Å². The van der Waals surface area contributed by atoms with E-state index in [1.54, 1.807) is 6.92 Å². The standard InChI is InChI=1S/C16H16F3N5O3/c1-9-6-10(7-14(25)20-9)15(26)27-8-13-21-22-23-24(13)12-4-2-11(3-5-12)16(17,18)19/h2-5,9-10H,6-8H2,1H3,(H,20,25)/t9-,10+/m1/s1. The van der Waals surface area contributed by atoms with Crippen molar-refractivity contribution in [2.75, 3.05) is 0 Å². The molecule has 0 unspecified atom stereocenters. The van der Waals surface area contributed by atoms with Gasteiger partial charge in [-0.25, -0.2) is 0 Å². The zero-order chi connectivity index (χ0) is 19.6. The molecule has 1 saturated heterocycles. The van der Waals surface area contributed by atoms with Gasteiger partial charge in [0.15, 0.2) is 12.4 Å². The maximum atomic E-state index is 12.6. The molecular formula is C16H16F3N5O3. The number of piperidine rings is 1. The molecule has 0 aliphatic carbocycles. The van der Waals surface area contributed by atoms with E-state index >= 15 is 0 Å². The van der Waals surface area contributed by atoms with Gasteiger partial charge in [-0.05, 0) is 48.0 Å². The lowest BCUT2D eigenvalue weighted by atomic mass is 9.93. The first kappa shape index (κ1) is 18.8. The van der Waals surface area contributed by atoms with Crippen LogP contribution in [0.5, 0.6) is 0 Å². The van der Waals surface area contributed by atoms with Gasteiger partial charge in [0, 0.05) is 12.5 Å². The van der Waals surface area contributed by atoms with E-state index < -0.39 is 23.6 Å². The zero-order valence-corrected chi connectivity index (χ0v) is 14.2. The molecule has 1 N–H and O–H groups in total. The van der Waals surface area contributed by atoms with Gasteiger partial charge in [-0.2, -0.15) is 17.9 Å². The van der Waals surface area contributed by atoms with Crippen molar-refractivity contribution < 1.29 is 27.5 Å². The highest BCUT2D eigenvalue weighted by Gasteiger charge is 2.31. The van der Waals surface area contributed by atoms with E-state index in [-0.39, 0.29) is 30.8 Å². The minimum absolute atomic E-state index is 0.0486. The minimum atomic E-state index is -4.44. The molecule has 2 heterocycles. The van der Waals surface area contributed by atoms with E-state index in [1.165, 1.54) is 16.8 Å². The molecule has 8 nitrogen and oxygen atoms in total. The fourth-order valence-corrected chi connectivity index (χ4v) is 2.85. The summed E-state index contributed by atoms with van der Waals surface area (Å²) in [6.07, 6.45) is -3.93. The van der Waals surface area contributed by atoms with Gasteiger partial charge < -0.3 is 10.1 Å². The molecule has 2 aromatic rings. The Hall–Kier alpha value is -2.98. The zero-order valence-electron chi connectivity index (χ0n) is 14.2. The molecule has 1 amide bonds. The van der Waals surface area contributed by atoms with E-state index in [0.29, 0.717) is 12.1 Å². The molecule has 27 heavy (non-hydrogen) atoms. The lowest BCUT2D eigenvalue weighted by molar-refractivity contribution is -0.153. The topological polar surface area (TPSA) is 99.0 Å². The molecular weight excluding hydrogens is 367 g/mol. The van der Waals surface area contributed by atoms with Crippen LogP contribution in [-0.2, 0) is 27.1 Å². The third-order valence-corrected chi connectivity index (χ3v) is 4.13. The SMILES string of the molecule is C[C@@H]1C[C@H](C(=O)OCc2nnnn2-c2ccc(C(F)(F)F)cc2)CC(=O)N1. The van der Waals surface area contributed by atoms with Gasteiger partial charge in [-0.3, -0.25) is 9.59 Å². The van der Waals surface area contributed by atoms with Gasteiger partial charge in [0.25, 0.3) is 0 Å². The predicted octanol–water partition coefficient (Wildman–Crippen LogP) is 1.64. The molecule has 1 aliphatic rings. The predicted molar refractivity (Wildman–Crippen MR) is 84.3 cm³/mol. The summed E-state index contributed by atoms with van der Waals surface area (Å²) in [5.41, 5.74) is -0.498. The Morgan fingerprint density at radius 3 is 2.67 bits per heavy atom. The smallest absolute Gasteiger partial charge is 0.416 e. The first-order valence-electron chi connectivity index (χ1n) is 8.15. The van der Waals surface area contributed by atoms with Crippen LogP contribution in [0.15, 0.2) is 24.3 Å². The lowest BCUT2D eigenvalue weighted by Gasteiger charge is -2.25. The Morgan fingerprint density at radius 2 is 2.04 bits per heavy atom. The van der Waals surface area contributed by atoms with Gasteiger partial charge in [-0.15, -0.1) is 5.10 Å². The molecule has 2 atom stereocenters. The maximum absolute atomic E-state index is 12.6. The Morgan fingerprint density at radius 1 is 1.33 bits per heavy atom. The molecule has 1 aromatic heterocycles. The quantitative estimate of drug-likeness (QED) is 0.806. The largest absolute Gasteiger partial charge is 0.457 e. The van der Waals surface area contributed by atoms with Crippen LogP contribution in [0.2, 0.25) is 0 Å². The summed E-state index contributed by atoms with van der Waals surface area (Å²) in [6.45, 7) is 1.53. The average Bonchev–Trinajstić information content (AvgIpc) is 3.06. The van der Waals surface area contributed by atoms with Crippen molar-refractivity contribution in [3.63, 3.8) is 0 Å². The number of hydrogen-bond acceptors (Lipinski definition) is 6. The number of esters is 1. The number of ether oxygens (including phenoxy) is 1. The summed E-state index contributed by atoms with van der Waals surface area (Å²) in [5, 5.41) is 13.6. The van der Waals surface area contributed by atoms with E-state index in [9.17, 15) is 22.8 Å². The Kier molecular flexibility index (Phi) is 5.10. The summed E-state index contributed by atoms with van der Waals surface area (Å²) in [4.78, 5) is 23.7. The average molecular weight is 383 g/mol. The summed E-state index contributed by atoms with van der Waals surface area (Å²) in [5.74, 6) is -1.16. The van der Waals surface area contributed by atoms with Crippen LogP contribution < -0.4 is 5.32 Å². The number of halogens is 3. The number of benzene rings is 1. The third kappa shape index (κ3) is 4.41. The van der Waals surface area contributed by atoms with Crippen LogP contribution in [0.3, 0.4) is 0 Å². The van der Waals surface area contributed by atoms with E-state index in [4.69, 9.17) is 4.74 Å². The number of nitrogens with zero attached hydrogens (tertiary/aromatic N) is 4. The van der Waals surface area contributed by atoms with Crippen molar-refractivity contribution in [2.24, 2.45) is 5.92 Å². The molecule has 144 valence electrons. The summed E-state index contributed by atoms with van der Waals surface area (Å²) in [7, 11) is 0. The number of alkyl halides is 3. The molecule has 1 fully saturated rings. The number of hydrogen-bond donors (Lipinski definition) is 1. The van der Waals surface area contributed by atoms with Crippen molar-refractivity contribution in [1.82, 2.24) is 25.5 Å². The highest BCUT2D eigenvalue weighted by molar-refractivity contribution is 5.84. The number of carbonyl (C=O) groups excluding carboxylic acids is 2. The summed E-state index contributed by atoms with van der Waals surface area (Å²) in [6, 6.07) is 4.14. The molecule has 0 radical (unpaired) electrons. The number of nitrogens with one attached hydrogen (secondary N) is 1. The first-order valence-corrected chi connectivity index (χ1v) is 8.15. The Labute approximate surface area is 151 Å². The third-order valence-electron chi connectivity index (χ3n) is 4.13. The summed E-state index contributed by atoms with van der Waals surface area (Å²) >= 11 is 0. The van der Waals surface area contributed by atoms with Crippen LogP contribution in [0.4, 0.5) is 13.2 Å². The molecule has 0 spiro atoms. The Balaban J connectivity index is 1.67. The fraction of sp³-hybridized carbons (Fsp3) is 0.438. The van der Waals surface area contributed by atoms with Gasteiger partial charge in [0.2, 0.25) is 5.91 Å². The van der Waals surface area contributed by atoms with Crippen LogP contribution >= 0.6 is 0 Å². The van der Waals surface area contributed by atoms with Crippen molar-refractivity contribution in [1.29, 1.82) is 0 Å². The van der Waals surface area contributed by atoms with Crippen molar-refractivity contribution in [3.8, 4) is 5.69 Å². The second-order valence-corrected chi connectivity index (χ2v) is 6.26. The van der Waals surface area contributed by atoms with E-state index in [1.807, 2.05) is 0 Å². The second-order valence-electron chi connectivity index (χ2n) is 6.26. The maximum Gasteiger partial charge on any atom is 0.416 e. The number of carbonyl (C=O) groups is 2. The highest BCUT2D eigenvalue weighted by Crippen LogP contribution is 2.29. The first-order chi connectivity index (χ1) is 12.7. The lowest BCUT2D eigenvalue weighted by Crippen LogP contribution is -2.43. The number of amides is 1. The van der Waals surface area contributed by atoms with Crippen LogP contribution in [0.25, 0.3) is 5.69 Å². The van der Waals surface area contributed by atoms with Gasteiger partial charge in [-0.1, -0.05) is 0 Å². The van der Waals surface area contributed by atoms with E-state index in [0.717, 1.165) is 12.1 Å². The van der Waals surface area contributed by atoms with Crippen LogP contribution in [0, 0.1) is 5.92 Å². The minimum Gasteiger partial charge on any atom is -0.457 e. The fourth-order valence-electron chi connectivity index (χ4n) is 2.85. The van der Waals surface area contributed by atoms with Gasteiger partial charge >= 0.3 is 12.1 Å². The normalized spacial score (nSPS) is 20.2. The number of tetrazole rings is 1. The molecule has 0 saturated carbocycles. The monoisotopic (exact) mass is 383 g/mol. The van der Waals surface area contributed by atoms with E-state index in [2.05, 4.69) is 20.8 Å². The van der Waals surface area contributed by atoms with Crippen molar-refractivity contribution >= 4 is 11.9 Å². The van der Waals surface area contributed by atoms with Gasteiger partial charge in [0.1, 0.15) is 0 Å². The highest BCUT2D eigenvalue weighted by atomic mass is 19.4. The number of aromatic nitrogens is 4. The van der Waals surface area contributed by atoms with Gasteiger partial charge in [0.05, 0.1) is 17.2 Å². The molecule has 3 rings (SSSR count). The second kappa shape index (κ2) is 7.33. The van der Waals surface area contributed by atoms with Crippen molar-refractivity contribution in [2.45, 2.75) is 38.6 Å². The molecule has 0 bridgehead atoms. The molecule has 1 aliphatic heterocycles. The number of rotatable bonds is 4. The molecule has 1 aromatic carbocycles. The summed E-state index contributed by atoms with van der Waals surface area (Å²) < 4.78 is 44.3. The van der Waals surface area contributed by atoms with Crippen LogP contribution in [0.1, 0.15) is 31.2 Å². The molecule has 11 heteroatoms.